The maximum Gasteiger partial charge on any atom is 0.280 e. The van der Waals surface area contributed by atoms with E-state index in [1.54, 1.807) is 11.6 Å². The third kappa shape index (κ3) is 4.44. The zero-order chi connectivity index (χ0) is 22.8. The van der Waals surface area contributed by atoms with Crippen LogP contribution in [0.4, 0.5) is 14.5 Å². The molecule has 7 nitrogen and oxygen atoms in total. The highest BCUT2D eigenvalue weighted by molar-refractivity contribution is 7.99. The van der Waals surface area contributed by atoms with Crippen molar-refractivity contribution >= 4 is 45.7 Å². The summed E-state index contributed by atoms with van der Waals surface area (Å²) in [5, 5.41) is 9.02. The van der Waals surface area contributed by atoms with Crippen LogP contribution in [0.3, 0.4) is 0 Å². The molecule has 32 heavy (non-hydrogen) atoms. The standard InChI is InChI=1S/C21H19F2N5O2S2/c1-3-28-19-18(12(2)26-28)25-21(27(20(19)30)10-14-5-4-8-31-14)32-11-17(29)24-16-9-13(22)6-7-15(16)23/h4-9H,3,10-11H2,1-2H3,(H,24,29). The number of anilines is 1. The second-order valence-electron chi connectivity index (χ2n) is 6.92. The van der Waals surface area contributed by atoms with Gasteiger partial charge in [-0.3, -0.25) is 18.8 Å². The molecule has 0 atom stereocenters. The number of benzene rings is 1. The monoisotopic (exact) mass is 475 g/mol. The number of rotatable bonds is 7. The van der Waals surface area contributed by atoms with Crippen molar-refractivity contribution in [1.82, 2.24) is 19.3 Å². The summed E-state index contributed by atoms with van der Waals surface area (Å²) in [6.07, 6.45) is 0. The minimum atomic E-state index is -0.735. The summed E-state index contributed by atoms with van der Waals surface area (Å²) in [5.74, 6) is -2.08. The van der Waals surface area contributed by atoms with Crippen LogP contribution in [0.15, 0.2) is 45.7 Å². The lowest BCUT2D eigenvalue weighted by Gasteiger charge is -2.12. The zero-order valence-electron chi connectivity index (χ0n) is 17.3. The summed E-state index contributed by atoms with van der Waals surface area (Å²) >= 11 is 2.56. The van der Waals surface area contributed by atoms with Gasteiger partial charge in [0.05, 0.1) is 23.7 Å². The summed E-state index contributed by atoms with van der Waals surface area (Å²) in [6.45, 7) is 4.50. The summed E-state index contributed by atoms with van der Waals surface area (Å²) in [5.41, 5.74) is 1.03. The Balaban J connectivity index is 1.66. The fraction of sp³-hybridized carbons (Fsp3) is 0.238. The molecule has 4 aromatic rings. The van der Waals surface area contributed by atoms with Crippen LogP contribution in [0, 0.1) is 18.6 Å². The molecule has 0 spiro atoms. The van der Waals surface area contributed by atoms with Crippen molar-refractivity contribution in [3.63, 3.8) is 0 Å². The molecule has 0 bridgehead atoms. The third-order valence-corrected chi connectivity index (χ3v) is 6.55. The highest BCUT2D eigenvalue weighted by Gasteiger charge is 2.19. The molecule has 0 aliphatic rings. The Hall–Kier alpha value is -3.05. The Morgan fingerprint density at radius 1 is 1.28 bits per heavy atom. The number of fused-ring (bicyclic) bond motifs is 1. The average molecular weight is 476 g/mol. The smallest absolute Gasteiger partial charge is 0.280 e. The van der Waals surface area contributed by atoms with Gasteiger partial charge in [-0.25, -0.2) is 13.8 Å². The molecule has 0 saturated heterocycles. The number of halogens is 2. The second kappa shape index (κ2) is 9.21. The molecule has 0 unspecified atom stereocenters. The van der Waals surface area contributed by atoms with E-state index in [1.165, 1.54) is 15.9 Å². The summed E-state index contributed by atoms with van der Waals surface area (Å²) in [4.78, 5) is 31.3. The van der Waals surface area contributed by atoms with Gasteiger partial charge < -0.3 is 5.32 Å². The number of thiophene rings is 1. The normalized spacial score (nSPS) is 11.2. The summed E-state index contributed by atoms with van der Waals surface area (Å²) in [6, 6.07) is 6.64. The third-order valence-electron chi connectivity index (χ3n) is 4.71. The molecule has 0 fully saturated rings. The predicted molar refractivity (Wildman–Crippen MR) is 121 cm³/mol. The van der Waals surface area contributed by atoms with Crippen molar-refractivity contribution in [3.8, 4) is 0 Å². The Kier molecular flexibility index (Phi) is 6.38. The number of carbonyl (C=O) groups excluding carboxylic acids is 1. The first-order valence-electron chi connectivity index (χ1n) is 9.75. The minimum Gasteiger partial charge on any atom is -0.323 e. The van der Waals surface area contributed by atoms with Crippen LogP contribution >= 0.6 is 23.1 Å². The van der Waals surface area contributed by atoms with Gasteiger partial charge in [0.1, 0.15) is 17.2 Å². The van der Waals surface area contributed by atoms with Crippen molar-refractivity contribution < 1.29 is 13.6 Å². The molecule has 1 aromatic carbocycles. The van der Waals surface area contributed by atoms with Crippen LogP contribution < -0.4 is 10.9 Å². The molecule has 0 saturated carbocycles. The molecular weight excluding hydrogens is 456 g/mol. The van der Waals surface area contributed by atoms with Crippen molar-refractivity contribution in [2.75, 3.05) is 11.1 Å². The Bertz CT molecular complexity index is 1350. The fourth-order valence-electron chi connectivity index (χ4n) is 3.23. The van der Waals surface area contributed by atoms with E-state index in [4.69, 9.17) is 0 Å². The van der Waals surface area contributed by atoms with Crippen LogP contribution in [0.2, 0.25) is 0 Å². The molecule has 1 amide bonds. The lowest BCUT2D eigenvalue weighted by Crippen LogP contribution is -2.26. The largest absolute Gasteiger partial charge is 0.323 e. The van der Waals surface area contributed by atoms with E-state index in [0.29, 0.717) is 35.0 Å². The van der Waals surface area contributed by atoms with Crippen LogP contribution in [0.25, 0.3) is 11.0 Å². The van der Waals surface area contributed by atoms with Gasteiger partial charge in [0.2, 0.25) is 5.91 Å². The molecule has 4 rings (SSSR count). The van der Waals surface area contributed by atoms with Crippen LogP contribution in [0.5, 0.6) is 0 Å². The Labute approximate surface area is 190 Å². The zero-order valence-corrected chi connectivity index (χ0v) is 18.9. The summed E-state index contributed by atoms with van der Waals surface area (Å²) < 4.78 is 30.3. The quantitative estimate of drug-likeness (QED) is 0.322. The highest BCUT2D eigenvalue weighted by atomic mass is 32.2. The van der Waals surface area contributed by atoms with Crippen LogP contribution in [-0.4, -0.2) is 31.0 Å². The van der Waals surface area contributed by atoms with Crippen molar-refractivity contribution in [2.45, 2.75) is 32.1 Å². The SMILES string of the molecule is CCn1nc(C)c2nc(SCC(=O)Nc3cc(F)ccc3F)n(Cc3cccs3)c(=O)c21. The number of nitrogens with one attached hydrogen (secondary N) is 1. The first-order valence-corrected chi connectivity index (χ1v) is 11.6. The van der Waals surface area contributed by atoms with Gasteiger partial charge in [-0.2, -0.15) is 5.10 Å². The van der Waals surface area contributed by atoms with E-state index < -0.39 is 17.5 Å². The summed E-state index contributed by atoms with van der Waals surface area (Å²) in [7, 11) is 0. The number of thioether (sulfide) groups is 1. The molecule has 11 heteroatoms. The number of aryl methyl sites for hydroxylation is 2. The van der Waals surface area contributed by atoms with Crippen LogP contribution in [0.1, 0.15) is 17.5 Å². The van der Waals surface area contributed by atoms with Gasteiger partial charge >= 0.3 is 0 Å². The van der Waals surface area contributed by atoms with Gasteiger partial charge in [-0.05, 0) is 37.4 Å². The molecule has 0 aliphatic carbocycles. The van der Waals surface area contributed by atoms with E-state index in [0.717, 1.165) is 34.8 Å². The number of nitrogens with zero attached hydrogens (tertiary/aromatic N) is 4. The van der Waals surface area contributed by atoms with Crippen LogP contribution in [-0.2, 0) is 17.9 Å². The van der Waals surface area contributed by atoms with E-state index in [1.807, 2.05) is 24.4 Å². The van der Waals surface area contributed by atoms with Gasteiger partial charge in [-0.1, -0.05) is 17.8 Å². The number of amides is 1. The fourth-order valence-corrected chi connectivity index (χ4v) is 4.72. The first-order chi connectivity index (χ1) is 15.4. The van der Waals surface area contributed by atoms with E-state index in [-0.39, 0.29) is 17.0 Å². The number of carbonyl (C=O) groups is 1. The molecule has 3 aromatic heterocycles. The van der Waals surface area contributed by atoms with E-state index in [2.05, 4.69) is 15.4 Å². The van der Waals surface area contributed by atoms with E-state index in [9.17, 15) is 18.4 Å². The highest BCUT2D eigenvalue weighted by Crippen LogP contribution is 2.23. The predicted octanol–water partition coefficient (Wildman–Crippen LogP) is 4.04. The number of aromatic nitrogens is 4. The number of hydrogen-bond donors (Lipinski definition) is 1. The van der Waals surface area contributed by atoms with Gasteiger partial charge in [0.25, 0.3) is 5.56 Å². The average Bonchev–Trinajstić information content (AvgIpc) is 3.39. The Morgan fingerprint density at radius 2 is 2.09 bits per heavy atom. The number of hydrogen-bond acceptors (Lipinski definition) is 6. The maximum absolute atomic E-state index is 13.8. The maximum atomic E-state index is 13.8. The minimum absolute atomic E-state index is 0.140. The molecule has 0 aliphatic heterocycles. The van der Waals surface area contributed by atoms with Gasteiger partial charge in [0.15, 0.2) is 10.7 Å². The Morgan fingerprint density at radius 3 is 2.81 bits per heavy atom. The van der Waals surface area contributed by atoms with Gasteiger partial charge in [0, 0.05) is 17.5 Å². The molecule has 3 heterocycles. The lowest BCUT2D eigenvalue weighted by molar-refractivity contribution is -0.113. The molecular formula is C21H19F2N5O2S2. The van der Waals surface area contributed by atoms with Gasteiger partial charge in [-0.15, -0.1) is 11.3 Å². The van der Waals surface area contributed by atoms with Crippen molar-refractivity contribution in [1.29, 1.82) is 0 Å². The second-order valence-corrected chi connectivity index (χ2v) is 8.90. The topological polar surface area (TPSA) is 81.8 Å². The van der Waals surface area contributed by atoms with E-state index >= 15 is 0 Å². The molecule has 0 radical (unpaired) electrons. The molecule has 166 valence electrons. The van der Waals surface area contributed by atoms with Crippen molar-refractivity contribution in [3.05, 3.63) is 68.3 Å². The first kappa shape index (κ1) is 22.2. The molecule has 1 N–H and O–H groups in total. The lowest BCUT2D eigenvalue weighted by atomic mass is 10.3. The van der Waals surface area contributed by atoms with Crippen molar-refractivity contribution in [2.24, 2.45) is 0 Å².